The first-order chi connectivity index (χ1) is 6.97. The van der Waals surface area contributed by atoms with Gasteiger partial charge in [-0.25, -0.2) is 9.97 Å². The van der Waals surface area contributed by atoms with Gasteiger partial charge in [0.05, 0.1) is 5.52 Å². The van der Waals surface area contributed by atoms with Gasteiger partial charge in [-0.05, 0) is 17.0 Å². The molecule has 78 valence electrons. The zero-order chi connectivity index (χ0) is 11.1. The fourth-order valence-electron chi connectivity index (χ4n) is 1.50. The lowest BCUT2D eigenvalue weighted by atomic mass is 9.87. The van der Waals surface area contributed by atoms with Gasteiger partial charge in [-0.15, -0.1) is 0 Å². The molecular formula is C12H15N3. The Bertz CT molecular complexity index is 498. The Morgan fingerprint density at radius 3 is 2.60 bits per heavy atom. The van der Waals surface area contributed by atoms with Crippen LogP contribution in [0.2, 0.25) is 0 Å². The van der Waals surface area contributed by atoms with E-state index < -0.39 is 0 Å². The fourth-order valence-corrected chi connectivity index (χ4v) is 1.50. The Morgan fingerprint density at radius 2 is 1.93 bits per heavy atom. The van der Waals surface area contributed by atoms with Gasteiger partial charge in [0, 0.05) is 11.6 Å². The summed E-state index contributed by atoms with van der Waals surface area (Å²) in [5.41, 5.74) is 7.86. The van der Waals surface area contributed by atoms with E-state index in [1.165, 1.54) is 5.56 Å². The molecule has 1 aromatic heterocycles. The molecule has 0 spiro atoms. The molecule has 0 aliphatic rings. The van der Waals surface area contributed by atoms with Crippen LogP contribution in [0.5, 0.6) is 0 Å². The van der Waals surface area contributed by atoms with Crippen LogP contribution in [0.3, 0.4) is 0 Å². The highest BCUT2D eigenvalue weighted by molar-refractivity contribution is 5.79. The van der Waals surface area contributed by atoms with Crippen LogP contribution in [-0.4, -0.2) is 9.97 Å². The van der Waals surface area contributed by atoms with E-state index in [0.717, 1.165) is 10.9 Å². The summed E-state index contributed by atoms with van der Waals surface area (Å²) in [6, 6.07) is 6.23. The van der Waals surface area contributed by atoms with Gasteiger partial charge < -0.3 is 5.73 Å². The summed E-state index contributed by atoms with van der Waals surface area (Å²) >= 11 is 0. The number of benzene rings is 1. The number of nitrogens with two attached hydrogens (primary N) is 1. The molecule has 2 rings (SSSR count). The predicted molar refractivity (Wildman–Crippen MR) is 62.7 cm³/mol. The number of fused-ring (bicyclic) bond motifs is 1. The van der Waals surface area contributed by atoms with Crippen LogP contribution in [-0.2, 0) is 5.41 Å². The van der Waals surface area contributed by atoms with Crippen molar-refractivity contribution in [3.05, 3.63) is 30.0 Å². The molecule has 15 heavy (non-hydrogen) atoms. The Balaban J connectivity index is 2.64. The molecule has 1 heterocycles. The van der Waals surface area contributed by atoms with E-state index in [1.54, 1.807) is 6.20 Å². The minimum absolute atomic E-state index is 0.133. The number of rotatable bonds is 0. The molecule has 0 saturated carbocycles. The summed E-state index contributed by atoms with van der Waals surface area (Å²) in [6.45, 7) is 6.54. The normalized spacial score (nSPS) is 11.9. The van der Waals surface area contributed by atoms with Gasteiger partial charge in [-0.1, -0.05) is 32.9 Å². The number of nitrogen functional groups attached to an aromatic ring is 1. The van der Waals surface area contributed by atoms with Crippen LogP contribution in [0.25, 0.3) is 10.9 Å². The van der Waals surface area contributed by atoms with E-state index in [1.807, 2.05) is 6.07 Å². The maximum Gasteiger partial charge on any atom is 0.220 e. The number of hydrogen-bond donors (Lipinski definition) is 1. The first kappa shape index (κ1) is 9.90. The highest BCUT2D eigenvalue weighted by Crippen LogP contribution is 2.25. The van der Waals surface area contributed by atoms with E-state index in [9.17, 15) is 0 Å². The van der Waals surface area contributed by atoms with E-state index in [2.05, 4.69) is 42.9 Å². The van der Waals surface area contributed by atoms with E-state index in [0.29, 0.717) is 5.95 Å². The SMILES string of the molecule is CC(C)(C)c1ccc2cnc(N)nc2c1. The molecule has 0 radical (unpaired) electrons. The fraction of sp³-hybridized carbons (Fsp3) is 0.333. The lowest BCUT2D eigenvalue weighted by Crippen LogP contribution is -2.10. The maximum atomic E-state index is 5.56. The molecule has 1 aromatic carbocycles. The molecule has 3 nitrogen and oxygen atoms in total. The molecule has 0 amide bonds. The molecule has 0 unspecified atom stereocenters. The largest absolute Gasteiger partial charge is 0.368 e. The van der Waals surface area contributed by atoms with Gasteiger partial charge in [-0.3, -0.25) is 0 Å². The smallest absolute Gasteiger partial charge is 0.220 e. The van der Waals surface area contributed by atoms with Crippen LogP contribution in [0, 0.1) is 0 Å². The third-order valence-electron chi connectivity index (χ3n) is 2.47. The zero-order valence-corrected chi connectivity index (χ0v) is 9.28. The van der Waals surface area contributed by atoms with Gasteiger partial charge in [0.25, 0.3) is 0 Å². The molecular weight excluding hydrogens is 186 g/mol. The maximum absolute atomic E-state index is 5.56. The third kappa shape index (κ3) is 1.91. The average Bonchev–Trinajstić information content (AvgIpc) is 2.15. The highest BCUT2D eigenvalue weighted by Gasteiger charge is 2.13. The second-order valence-electron chi connectivity index (χ2n) is 4.75. The third-order valence-corrected chi connectivity index (χ3v) is 2.47. The first-order valence-electron chi connectivity index (χ1n) is 4.99. The molecule has 0 bridgehead atoms. The lowest BCUT2D eigenvalue weighted by molar-refractivity contribution is 0.591. The number of anilines is 1. The van der Waals surface area contributed by atoms with E-state index >= 15 is 0 Å². The number of nitrogens with zero attached hydrogens (tertiary/aromatic N) is 2. The lowest BCUT2D eigenvalue weighted by Gasteiger charge is -2.19. The van der Waals surface area contributed by atoms with Gasteiger partial charge in [0.1, 0.15) is 0 Å². The zero-order valence-electron chi connectivity index (χ0n) is 9.28. The van der Waals surface area contributed by atoms with Crippen LogP contribution in [0.4, 0.5) is 5.95 Å². The average molecular weight is 201 g/mol. The number of hydrogen-bond acceptors (Lipinski definition) is 3. The molecule has 0 saturated heterocycles. The van der Waals surface area contributed by atoms with Crippen LogP contribution in [0.1, 0.15) is 26.3 Å². The van der Waals surface area contributed by atoms with Crippen molar-refractivity contribution in [2.75, 3.05) is 5.73 Å². The first-order valence-corrected chi connectivity index (χ1v) is 4.99. The van der Waals surface area contributed by atoms with E-state index in [-0.39, 0.29) is 5.41 Å². The second-order valence-corrected chi connectivity index (χ2v) is 4.75. The summed E-state index contributed by atoms with van der Waals surface area (Å²) in [4.78, 5) is 8.18. The molecule has 0 atom stereocenters. The van der Waals surface area contributed by atoms with Gasteiger partial charge in [0.15, 0.2) is 0 Å². The minimum atomic E-state index is 0.133. The molecule has 2 N–H and O–H groups in total. The highest BCUT2D eigenvalue weighted by atomic mass is 15.0. The van der Waals surface area contributed by atoms with Crippen molar-refractivity contribution >= 4 is 16.9 Å². The van der Waals surface area contributed by atoms with Crippen molar-refractivity contribution in [2.24, 2.45) is 0 Å². The summed E-state index contributed by atoms with van der Waals surface area (Å²) in [7, 11) is 0. The van der Waals surface area contributed by atoms with Gasteiger partial charge in [0.2, 0.25) is 5.95 Å². The summed E-state index contributed by atoms with van der Waals surface area (Å²) in [6.07, 6.45) is 1.75. The van der Waals surface area contributed by atoms with Crippen molar-refractivity contribution in [3.8, 4) is 0 Å². The van der Waals surface area contributed by atoms with Gasteiger partial charge in [-0.2, -0.15) is 0 Å². The van der Waals surface area contributed by atoms with Crippen molar-refractivity contribution in [2.45, 2.75) is 26.2 Å². The molecule has 3 heteroatoms. The standard InChI is InChI=1S/C12H15N3/c1-12(2,3)9-5-4-8-7-14-11(13)15-10(8)6-9/h4-7H,1-3H3,(H2,13,14,15). The van der Waals surface area contributed by atoms with Crippen molar-refractivity contribution in [1.82, 2.24) is 9.97 Å². The molecule has 0 fully saturated rings. The molecule has 0 aliphatic carbocycles. The Hall–Kier alpha value is -1.64. The van der Waals surface area contributed by atoms with Crippen LogP contribution >= 0.6 is 0 Å². The van der Waals surface area contributed by atoms with Crippen molar-refractivity contribution in [3.63, 3.8) is 0 Å². The minimum Gasteiger partial charge on any atom is -0.368 e. The van der Waals surface area contributed by atoms with Crippen molar-refractivity contribution < 1.29 is 0 Å². The van der Waals surface area contributed by atoms with Crippen molar-refractivity contribution in [1.29, 1.82) is 0 Å². The predicted octanol–water partition coefficient (Wildman–Crippen LogP) is 2.51. The monoisotopic (exact) mass is 201 g/mol. The molecule has 2 aromatic rings. The van der Waals surface area contributed by atoms with Gasteiger partial charge >= 0.3 is 0 Å². The second kappa shape index (κ2) is 3.19. The topological polar surface area (TPSA) is 51.8 Å². The quantitative estimate of drug-likeness (QED) is 0.712. The van der Waals surface area contributed by atoms with Crippen LogP contribution in [0.15, 0.2) is 24.4 Å². The molecule has 0 aliphatic heterocycles. The summed E-state index contributed by atoms with van der Waals surface area (Å²) in [5.74, 6) is 0.327. The Kier molecular flexibility index (Phi) is 2.11. The Labute approximate surface area is 89.4 Å². The number of aromatic nitrogens is 2. The summed E-state index contributed by atoms with van der Waals surface area (Å²) in [5, 5.41) is 1.03. The summed E-state index contributed by atoms with van der Waals surface area (Å²) < 4.78 is 0. The van der Waals surface area contributed by atoms with Crippen LogP contribution < -0.4 is 5.73 Å². The van der Waals surface area contributed by atoms with E-state index in [4.69, 9.17) is 5.73 Å². The Morgan fingerprint density at radius 1 is 1.20 bits per heavy atom.